The number of carbonyl (C=O) groups is 1. The Morgan fingerprint density at radius 1 is 1.16 bits per heavy atom. The molecule has 2 rings (SSSR count). The monoisotopic (exact) mass is 254 g/mol. The van der Waals surface area contributed by atoms with E-state index in [0.717, 1.165) is 11.1 Å². The molecule has 3 nitrogen and oxygen atoms in total. The second-order valence-electron chi connectivity index (χ2n) is 4.73. The molecule has 0 saturated heterocycles. The first-order chi connectivity index (χ1) is 9.08. The van der Waals surface area contributed by atoms with Gasteiger partial charge in [0.15, 0.2) is 0 Å². The maximum Gasteiger partial charge on any atom is 0.253 e. The summed E-state index contributed by atoms with van der Waals surface area (Å²) < 4.78 is 0. The fourth-order valence-electron chi connectivity index (χ4n) is 2.00. The average molecular weight is 254 g/mol. The number of nitrogen functional groups attached to an aromatic ring is 1. The minimum absolute atomic E-state index is 0.00644. The Labute approximate surface area is 113 Å². The molecule has 2 aromatic carbocycles. The highest BCUT2D eigenvalue weighted by molar-refractivity contribution is 5.94. The maximum absolute atomic E-state index is 12.3. The summed E-state index contributed by atoms with van der Waals surface area (Å²) in [7, 11) is 1.79. The average Bonchev–Trinajstić information content (AvgIpc) is 2.40. The number of para-hydroxylation sites is 1. The first kappa shape index (κ1) is 13.1. The van der Waals surface area contributed by atoms with E-state index in [4.69, 9.17) is 5.73 Å². The lowest BCUT2D eigenvalue weighted by atomic mass is 10.1. The molecule has 0 aliphatic rings. The molecular weight excluding hydrogens is 236 g/mol. The highest BCUT2D eigenvalue weighted by atomic mass is 16.2. The minimum Gasteiger partial charge on any atom is -0.398 e. The summed E-state index contributed by atoms with van der Waals surface area (Å²) in [4.78, 5) is 14.0. The van der Waals surface area contributed by atoms with Crippen LogP contribution in [0.1, 0.15) is 21.5 Å². The molecule has 0 bridgehead atoms. The molecular formula is C16H18N2O. The van der Waals surface area contributed by atoms with Crippen molar-refractivity contribution in [3.05, 3.63) is 65.2 Å². The fourth-order valence-corrected chi connectivity index (χ4v) is 2.00. The van der Waals surface area contributed by atoms with Gasteiger partial charge in [-0.25, -0.2) is 0 Å². The van der Waals surface area contributed by atoms with E-state index >= 15 is 0 Å². The van der Waals surface area contributed by atoms with Crippen molar-refractivity contribution in [1.82, 2.24) is 4.90 Å². The number of carbonyl (C=O) groups excluding carboxylic acids is 1. The van der Waals surface area contributed by atoms with Crippen LogP contribution in [-0.2, 0) is 6.54 Å². The first-order valence-electron chi connectivity index (χ1n) is 6.23. The quantitative estimate of drug-likeness (QED) is 0.856. The van der Waals surface area contributed by atoms with Gasteiger partial charge in [-0.1, -0.05) is 35.9 Å². The van der Waals surface area contributed by atoms with Crippen LogP contribution >= 0.6 is 0 Å². The van der Waals surface area contributed by atoms with E-state index in [2.05, 4.69) is 0 Å². The third kappa shape index (κ3) is 3.13. The van der Waals surface area contributed by atoms with Gasteiger partial charge in [-0.05, 0) is 30.7 Å². The van der Waals surface area contributed by atoms with Gasteiger partial charge in [-0.3, -0.25) is 4.79 Å². The predicted molar refractivity (Wildman–Crippen MR) is 77.8 cm³/mol. The van der Waals surface area contributed by atoms with Gasteiger partial charge in [0.05, 0.1) is 0 Å². The SMILES string of the molecule is Cc1cccc(C(=O)N(C)Cc2ccccc2N)c1. The number of benzene rings is 2. The van der Waals surface area contributed by atoms with Crippen molar-refractivity contribution < 1.29 is 4.79 Å². The van der Waals surface area contributed by atoms with Gasteiger partial charge in [0.1, 0.15) is 0 Å². The lowest BCUT2D eigenvalue weighted by Crippen LogP contribution is -2.26. The maximum atomic E-state index is 12.3. The number of aryl methyl sites for hydroxylation is 1. The third-order valence-electron chi connectivity index (χ3n) is 3.07. The van der Waals surface area contributed by atoms with Crippen LogP contribution in [-0.4, -0.2) is 17.9 Å². The van der Waals surface area contributed by atoms with E-state index in [9.17, 15) is 4.79 Å². The summed E-state index contributed by atoms with van der Waals surface area (Å²) in [6.07, 6.45) is 0. The van der Waals surface area contributed by atoms with Crippen LogP contribution in [0.3, 0.4) is 0 Å². The lowest BCUT2D eigenvalue weighted by Gasteiger charge is -2.18. The van der Waals surface area contributed by atoms with Gasteiger partial charge >= 0.3 is 0 Å². The second kappa shape index (κ2) is 5.57. The van der Waals surface area contributed by atoms with Gasteiger partial charge in [-0.15, -0.1) is 0 Å². The third-order valence-corrected chi connectivity index (χ3v) is 3.07. The smallest absolute Gasteiger partial charge is 0.253 e. The highest BCUT2D eigenvalue weighted by Crippen LogP contribution is 2.14. The summed E-state index contributed by atoms with van der Waals surface area (Å²) in [6.45, 7) is 2.49. The van der Waals surface area contributed by atoms with Crippen molar-refractivity contribution in [3.63, 3.8) is 0 Å². The standard InChI is InChI=1S/C16H18N2O/c1-12-6-5-8-13(10-12)16(19)18(2)11-14-7-3-4-9-15(14)17/h3-10H,11,17H2,1-2H3. The molecule has 0 spiro atoms. The van der Waals surface area contributed by atoms with Gasteiger partial charge in [0.2, 0.25) is 0 Å². The topological polar surface area (TPSA) is 46.3 Å². The van der Waals surface area contributed by atoms with Crippen molar-refractivity contribution in [2.45, 2.75) is 13.5 Å². The van der Waals surface area contributed by atoms with E-state index in [0.29, 0.717) is 17.8 Å². The van der Waals surface area contributed by atoms with Crippen molar-refractivity contribution in [2.75, 3.05) is 12.8 Å². The normalized spacial score (nSPS) is 10.2. The largest absolute Gasteiger partial charge is 0.398 e. The van der Waals surface area contributed by atoms with Gasteiger partial charge < -0.3 is 10.6 Å². The summed E-state index contributed by atoms with van der Waals surface area (Å²) in [5.74, 6) is 0.00644. The molecule has 2 N–H and O–H groups in total. The molecule has 0 heterocycles. The number of anilines is 1. The number of hydrogen-bond acceptors (Lipinski definition) is 2. The van der Waals surface area contributed by atoms with E-state index in [1.54, 1.807) is 11.9 Å². The Balaban J connectivity index is 2.14. The molecule has 0 atom stereocenters. The minimum atomic E-state index is 0.00644. The fraction of sp³-hybridized carbons (Fsp3) is 0.188. The molecule has 0 fully saturated rings. The lowest BCUT2D eigenvalue weighted by molar-refractivity contribution is 0.0785. The summed E-state index contributed by atoms with van der Waals surface area (Å²) in [5.41, 5.74) is 9.36. The highest BCUT2D eigenvalue weighted by Gasteiger charge is 2.12. The van der Waals surface area contributed by atoms with Crippen LogP contribution in [0.25, 0.3) is 0 Å². The molecule has 0 radical (unpaired) electrons. The Morgan fingerprint density at radius 3 is 2.58 bits per heavy atom. The van der Waals surface area contributed by atoms with Gasteiger partial charge in [-0.2, -0.15) is 0 Å². The molecule has 0 aliphatic heterocycles. The van der Waals surface area contributed by atoms with Crippen molar-refractivity contribution in [2.24, 2.45) is 0 Å². The zero-order chi connectivity index (χ0) is 13.8. The summed E-state index contributed by atoms with van der Waals surface area (Å²) in [5, 5.41) is 0. The first-order valence-corrected chi connectivity index (χ1v) is 6.23. The van der Waals surface area contributed by atoms with Gasteiger partial charge in [0.25, 0.3) is 5.91 Å². The Kier molecular flexibility index (Phi) is 3.85. The molecule has 98 valence electrons. The van der Waals surface area contributed by atoms with Crippen LogP contribution in [0.5, 0.6) is 0 Å². The van der Waals surface area contributed by atoms with Crippen LogP contribution in [0.15, 0.2) is 48.5 Å². The molecule has 3 heteroatoms. The molecule has 2 aromatic rings. The molecule has 0 saturated carbocycles. The molecule has 0 aromatic heterocycles. The number of amides is 1. The van der Waals surface area contributed by atoms with Gasteiger partial charge in [0, 0.05) is 24.8 Å². The van der Waals surface area contributed by atoms with Crippen LogP contribution in [0.4, 0.5) is 5.69 Å². The van der Waals surface area contributed by atoms with E-state index in [1.807, 2.05) is 55.5 Å². The van der Waals surface area contributed by atoms with Crippen molar-refractivity contribution in [3.8, 4) is 0 Å². The number of nitrogens with two attached hydrogens (primary N) is 1. The van der Waals surface area contributed by atoms with Crippen LogP contribution in [0, 0.1) is 6.92 Å². The van der Waals surface area contributed by atoms with Crippen LogP contribution in [0.2, 0.25) is 0 Å². The summed E-state index contributed by atoms with van der Waals surface area (Å²) in [6, 6.07) is 15.2. The Hall–Kier alpha value is -2.29. The molecule has 19 heavy (non-hydrogen) atoms. The predicted octanol–water partition coefficient (Wildman–Crippen LogP) is 2.85. The zero-order valence-electron chi connectivity index (χ0n) is 11.3. The van der Waals surface area contributed by atoms with Crippen molar-refractivity contribution in [1.29, 1.82) is 0 Å². The van der Waals surface area contributed by atoms with E-state index < -0.39 is 0 Å². The Morgan fingerprint density at radius 2 is 1.89 bits per heavy atom. The number of rotatable bonds is 3. The number of nitrogens with zero attached hydrogens (tertiary/aromatic N) is 1. The van der Waals surface area contributed by atoms with Crippen molar-refractivity contribution >= 4 is 11.6 Å². The molecule has 0 unspecified atom stereocenters. The number of hydrogen-bond donors (Lipinski definition) is 1. The van der Waals surface area contributed by atoms with E-state index in [1.165, 1.54) is 0 Å². The van der Waals surface area contributed by atoms with Crippen LogP contribution < -0.4 is 5.73 Å². The Bertz CT molecular complexity index is 593. The molecule has 0 aliphatic carbocycles. The summed E-state index contributed by atoms with van der Waals surface area (Å²) >= 11 is 0. The molecule has 1 amide bonds. The second-order valence-corrected chi connectivity index (χ2v) is 4.73. The van der Waals surface area contributed by atoms with E-state index in [-0.39, 0.29) is 5.91 Å². The zero-order valence-corrected chi connectivity index (χ0v) is 11.3.